The molecule has 0 N–H and O–H groups in total. The van der Waals surface area contributed by atoms with E-state index in [1.54, 1.807) is 6.92 Å². The maximum absolute atomic E-state index is 13.8. The molecular formula is C10H10F6S2. The molecule has 0 aliphatic carbocycles. The zero-order valence-electron chi connectivity index (χ0n) is 9.50. The fraction of sp³-hybridized carbons (Fsp3) is 0.800. The lowest BCUT2D eigenvalue weighted by Gasteiger charge is -2.37. The minimum Gasteiger partial charge on any atom is -0.197 e. The molecule has 2 heterocycles. The van der Waals surface area contributed by atoms with Crippen molar-refractivity contribution in [3.63, 3.8) is 0 Å². The van der Waals surface area contributed by atoms with Crippen molar-refractivity contribution >= 4 is 23.5 Å². The van der Waals surface area contributed by atoms with E-state index in [1.165, 1.54) is 6.92 Å². The lowest BCUT2D eigenvalue weighted by molar-refractivity contribution is -0.265. The van der Waals surface area contributed by atoms with E-state index in [0.29, 0.717) is 17.3 Å². The Kier molecular flexibility index (Phi) is 3.03. The summed E-state index contributed by atoms with van der Waals surface area (Å²) in [6.07, 6.45) is -0.452. The number of alkyl halides is 6. The Labute approximate surface area is 109 Å². The number of allylic oxidation sites excluding steroid dienone is 1. The predicted molar refractivity (Wildman–Crippen MR) is 60.6 cm³/mol. The largest absolute Gasteiger partial charge is 0.384 e. The van der Waals surface area contributed by atoms with Crippen LogP contribution in [0.25, 0.3) is 0 Å². The number of hydrogen-bond acceptors (Lipinski definition) is 2. The molecule has 2 aliphatic rings. The van der Waals surface area contributed by atoms with Crippen LogP contribution in [0.15, 0.2) is 11.1 Å². The second-order valence-corrected chi connectivity index (χ2v) is 7.49. The van der Waals surface area contributed by atoms with Gasteiger partial charge in [0.25, 0.3) is 0 Å². The second-order valence-electron chi connectivity index (χ2n) is 4.55. The molecule has 0 nitrogen and oxygen atoms in total. The lowest BCUT2D eigenvalue weighted by atomic mass is 9.99. The highest BCUT2D eigenvalue weighted by atomic mass is 32.2. The molecule has 104 valence electrons. The summed E-state index contributed by atoms with van der Waals surface area (Å²) in [5, 5.41) is -4.74. The first-order valence-electron chi connectivity index (χ1n) is 5.10. The smallest absolute Gasteiger partial charge is 0.197 e. The molecule has 0 radical (unpaired) electrons. The average Bonchev–Trinajstić information content (AvgIpc) is 2.30. The fourth-order valence-electron chi connectivity index (χ4n) is 1.92. The number of thioether (sulfide) groups is 2. The van der Waals surface area contributed by atoms with Gasteiger partial charge < -0.3 is 0 Å². The molecule has 1 saturated heterocycles. The van der Waals surface area contributed by atoms with Crippen molar-refractivity contribution in [1.82, 2.24) is 0 Å². The Bertz CT molecular complexity index is 417. The summed E-state index contributed by atoms with van der Waals surface area (Å²) in [6, 6.07) is 0. The second kappa shape index (κ2) is 3.77. The van der Waals surface area contributed by atoms with Crippen LogP contribution in [0.5, 0.6) is 0 Å². The first-order valence-corrected chi connectivity index (χ1v) is 6.90. The van der Waals surface area contributed by atoms with Gasteiger partial charge in [-0.3, -0.25) is 0 Å². The van der Waals surface area contributed by atoms with Crippen LogP contribution < -0.4 is 0 Å². The van der Waals surface area contributed by atoms with E-state index in [0.717, 1.165) is 5.57 Å². The van der Waals surface area contributed by atoms with Gasteiger partial charge in [-0.1, -0.05) is 22.9 Å². The Balaban J connectivity index is 2.49. The number of halogens is 6. The van der Waals surface area contributed by atoms with Gasteiger partial charge in [0, 0.05) is 5.75 Å². The van der Waals surface area contributed by atoms with E-state index < -0.39 is 39.4 Å². The van der Waals surface area contributed by atoms with E-state index in [9.17, 15) is 26.3 Å². The summed E-state index contributed by atoms with van der Waals surface area (Å²) in [4.78, 5) is 0. The summed E-state index contributed by atoms with van der Waals surface area (Å²) in [6.45, 7) is 3.20. The van der Waals surface area contributed by atoms with Gasteiger partial charge in [0.2, 0.25) is 0 Å². The fourth-order valence-corrected chi connectivity index (χ4v) is 5.19. The van der Waals surface area contributed by atoms with Gasteiger partial charge in [-0.2, -0.15) is 26.3 Å². The van der Waals surface area contributed by atoms with Gasteiger partial charge in [0.1, 0.15) is 4.08 Å². The normalized spacial score (nSPS) is 37.3. The van der Waals surface area contributed by atoms with Crippen molar-refractivity contribution in [3.05, 3.63) is 11.1 Å². The van der Waals surface area contributed by atoms with E-state index in [1.807, 2.05) is 0 Å². The van der Waals surface area contributed by atoms with Crippen LogP contribution in [0.2, 0.25) is 0 Å². The summed E-state index contributed by atoms with van der Waals surface area (Å²) < 4.78 is 77.8. The van der Waals surface area contributed by atoms with Gasteiger partial charge >= 0.3 is 17.1 Å². The quantitative estimate of drug-likeness (QED) is 0.467. The molecule has 0 aromatic carbocycles. The molecule has 0 aromatic heterocycles. The zero-order valence-corrected chi connectivity index (χ0v) is 11.1. The zero-order chi connectivity index (χ0) is 14.0. The highest BCUT2D eigenvalue weighted by Crippen LogP contribution is 2.73. The topological polar surface area (TPSA) is 0 Å². The maximum atomic E-state index is 13.8. The molecule has 0 bridgehead atoms. The van der Waals surface area contributed by atoms with Crippen LogP contribution in [-0.4, -0.2) is 26.9 Å². The third-order valence-electron chi connectivity index (χ3n) is 3.28. The van der Waals surface area contributed by atoms with Crippen molar-refractivity contribution in [2.45, 2.75) is 41.4 Å². The molecule has 0 aromatic rings. The van der Waals surface area contributed by atoms with Crippen molar-refractivity contribution in [2.75, 3.05) is 5.75 Å². The molecule has 8 heteroatoms. The first-order chi connectivity index (χ1) is 7.97. The standard InChI is InChI=1S/C10H10F6S2/c1-5-3-7(17-4-6(5)2)8(11,12)9(13,14)10(15,16)18-7/h3-4H2,1-2H3. The van der Waals surface area contributed by atoms with Crippen LogP contribution in [0.3, 0.4) is 0 Å². The van der Waals surface area contributed by atoms with E-state index in [-0.39, 0.29) is 5.75 Å². The van der Waals surface area contributed by atoms with Gasteiger partial charge in [0.05, 0.1) is 0 Å². The summed E-state index contributed by atoms with van der Waals surface area (Å²) >= 11 is -0.102. The minimum atomic E-state index is -5.32. The molecule has 18 heavy (non-hydrogen) atoms. The third kappa shape index (κ3) is 1.57. The number of rotatable bonds is 0. The van der Waals surface area contributed by atoms with Gasteiger partial charge in [-0.05, 0) is 20.3 Å². The minimum absolute atomic E-state index is 0.0700. The van der Waals surface area contributed by atoms with E-state index in [4.69, 9.17) is 0 Å². The SMILES string of the molecule is CC1=C(C)CC2(SC1)SC(F)(F)C(F)(F)C2(F)F. The van der Waals surface area contributed by atoms with Crippen LogP contribution in [0, 0.1) is 0 Å². The van der Waals surface area contributed by atoms with Crippen molar-refractivity contribution in [1.29, 1.82) is 0 Å². The van der Waals surface area contributed by atoms with Crippen molar-refractivity contribution in [2.24, 2.45) is 0 Å². The highest BCUT2D eigenvalue weighted by molar-refractivity contribution is 8.19. The summed E-state index contributed by atoms with van der Waals surface area (Å²) in [5.74, 6) is -9.98. The molecule has 2 aliphatic heterocycles. The molecule has 1 spiro atoms. The molecule has 0 amide bonds. The molecule has 1 atom stereocenters. The van der Waals surface area contributed by atoms with E-state index in [2.05, 4.69) is 0 Å². The summed E-state index contributed by atoms with van der Waals surface area (Å²) in [7, 11) is 0. The third-order valence-corrected chi connectivity index (χ3v) is 6.57. The molecular weight excluding hydrogens is 298 g/mol. The summed E-state index contributed by atoms with van der Waals surface area (Å²) in [5.41, 5.74) is 1.26. The lowest BCUT2D eigenvalue weighted by Crippen LogP contribution is -2.53. The van der Waals surface area contributed by atoms with Crippen LogP contribution >= 0.6 is 23.5 Å². The first kappa shape index (κ1) is 14.4. The molecule has 1 unspecified atom stereocenters. The Morgan fingerprint density at radius 1 is 0.889 bits per heavy atom. The molecule has 0 saturated carbocycles. The van der Waals surface area contributed by atoms with Crippen LogP contribution in [-0.2, 0) is 0 Å². The Morgan fingerprint density at radius 3 is 1.83 bits per heavy atom. The Hall–Kier alpha value is 0.0200. The van der Waals surface area contributed by atoms with Gasteiger partial charge in [-0.15, -0.1) is 11.8 Å². The van der Waals surface area contributed by atoms with Gasteiger partial charge in [-0.25, -0.2) is 0 Å². The van der Waals surface area contributed by atoms with E-state index >= 15 is 0 Å². The van der Waals surface area contributed by atoms with Crippen LogP contribution in [0.4, 0.5) is 26.3 Å². The molecule has 1 fully saturated rings. The van der Waals surface area contributed by atoms with Crippen molar-refractivity contribution < 1.29 is 26.3 Å². The monoisotopic (exact) mass is 308 g/mol. The highest BCUT2D eigenvalue weighted by Gasteiger charge is 2.87. The van der Waals surface area contributed by atoms with Crippen molar-refractivity contribution in [3.8, 4) is 0 Å². The Morgan fingerprint density at radius 2 is 1.44 bits per heavy atom. The maximum Gasteiger partial charge on any atom is 0.384 e. The van der Waals surface area contributed by atoms with Gasteiger partial charge in [0.15, 0.2) is 0 Å². The van der Waals surface area contributed by atoms with Crippen LogP contribution in [0.1, 0.15) is 20.3 Å². The number of hydrogen-bond donors (Lipinski definition) is 0. The average molecular weight is 308 g/mol. The molecule has 2 rings (SSSR count). The predicted octanol–water partition coefficient (Wildman–Crippen LogP) is 4.77.